The largest absolute Gasteiger partial charge is 0.300 e. The third-order valence-electron chi connectivity index (χ3n) is 5.15. The standard InChI is InChI=1S/C25H26Cl2O3/c1-14(28)8-6-7-9-21(19-10-22(17(4)29)15(2)24(26)12-19)20-11-23(18(5)30)16(3)25(27)13-20/h9-13H,6-8H2,1-5H3. The molecule has 0 amide bonds. The van der Waals surface area contributed by atoms with Crippen LogP contribution in [0.1, 0.15) is 83.0 Å². The van der Waals surface area contributed by atoms with Crippen LogP contribution in [-0.2, 0) is 4.79 Å². The van der Waals surface area contributed by atoms with Crippen LogP contribution in [0, 0.1) is 13.8 Å². The summed E-state index contributed by atoms with van der Waals surface area (Å²) >= 11 is 12.9. The third kappa shape index (κ3) is 5.68. The molecular formula is C25H26Cl2O3. The minimum absolute atomic E-state index is 0.0708. The Kier molecular flexibility index (Phi) is 8.17. The molecule has 0 N–H and O–H groups in total. The van der Waals surface area contributed by atoms with Crippen LogP contribution in [0.4, 0.5) is 0 Å². The summed E-state index contributed by atoms with van der Waals surface area (Å²) < 4.78 is 0. The Morgan fingerprint density at radius 1 is 0.800 bits per heavy atom. The molecule has 2 aromatic rings. The van der Waals surface area contributed by atoms with Crippen LogP contribution >= 0.6 is 23.2 Å². The normalized spacial score (nSPS) is 10.6. The zero-order chi connectivity index (χ0) is 22.6. The van der Waals surface area contributed by atoms with Crippen LogP contribution < -0.4 is 0 Å². The second kappa shape index (κ2) is 10.2. The van der Waals surface area contributed by atoms with Crippen molar-refractivity contribution in [1.29, 1.82) is 0 Å². The van der Waals surface area contributed by atoms with Gasteiger partial charge in [0.2, 0.25) is 0 Å². The number of allylic oxidation sites excluding steroid dienone is 1. The fraction of sp³-hybridized carbons (Fsp3) is 0.320. The number of hydrogen-bond acceptors (Lipinski definition) is 3. The van der Waals surface area contributed by atoms with Crippen molar-refractivity contribution in [2.45, 2.75) is 53.9 Å². The van der Waals surface area contributed by atoms with Crippen LogP contribution in [0.5, 0.6) is 0 Å². The zero-order valence-corrected chi connectivity index (χ0v) is 19.5. The van der Waals surface area contributed by atoms with Gasteiger partial charge in [-0.2, -0.15) is 0 Å². The molecule has 0 spiro atoms. The zero-order valence-electron chi connectivity index (χ0n) is 18.0. The Hall–Kier alpha value is -2.23. The predicted octanol–water partition coefficient (Wildman–Crippen LogP) is 7.21. The van der Waals surface area contributed by atoms with Gasteiger partial charge in [0.1, 0.15) is 5.78 Å². The van der Waals surface area contributed by atoms with Crippen LogP contribution in [0.3, 0.4) is 0 Å². The highest BCUT2D eigenvalue weighted by molar-refractivity contribution is 6.32. The summed E-state index contributed by atoms with van der Waals surface area (Å²) in [6.45, 7) is 8.22. The van der Waals surface area contributed by atoms with Gasteiger partial charge in [0, 0.05) is 27.6 Å². The van der Waals surface area contributed by atoms with Crippen molar-refractivity contribution in [3.63, 3.8) is 0 Å². The number of carbonyl (C=O) groups excluding carboxylic acids is 3. The summed E-state index contributed by atoms with van der Waals surface area (Å²) in [5, 5.41) is 0.995. The summed E-state index contributed by atoms with van der Waals surface area (Å²) in [4.78, 5) is 35.6. The van der Waals surface area contributed by atoms with Crippen molar-refractivity contribution in [2.24, 2.45) is 0 Å². The molecule has 0 radical (unpaired) electrons. The lowest BCUT2D eigenvalue weighted by Gasteiger charge is -2.16. The topological polar surface area (TPSA) is 51.2 Å². The van der Waals surface area contributed by atoms with Gasteiger partial charge in [-0.05, 0) is 99.6 Å². The van der Waals surface area contributed by atoms with E-state index in [0.717, 1.165) is 27.8 Å². The molecule has 0 unspecified atom stereocenters. The van der Waals surface area contributed by atoms with Gasteiger partial charge in [0.05, 0.1) is 0 Å². The molecule has 0 aliphatic heterocycles. The van der Waals surface area contributed by atoms with Gasteiger partial charge in [-0.3, -0.25) is 9.59 Å². The smallest absolute Gasteiger partial charge is 0.160 e. The van der Waals surface area contributed by atoms with Gasteiger partial charge in [-0.25, -0.2) is 0 Å². The predicted molar refractivity (Wildman–Crippen MR) is 124 cm³/mol. The van der Waals surface area contributed by atoms with E-state index in [0.29, 0.717) is 40.4 Å². The molecule has 0 fully saturated rings. The Labute approximate surface area is 188 Å². The number of Topliss-reactive ketones (excluding diaryl/α,β-unsaturated/α-hetero) is 3. The van der Waals surface area contributed by atoms with Gasteiger partial charge in [0.25, 0.3) is 0 Å². The highest BCUT2D eigenvalue weighted by Gasteiger charge is 2.16. The van der Waals surface area contributed by atoms with Gasteiger partial charge in [-0.1, -0.05) is 29.3 Å². The highest BCUT2D eigenvalue weighted by atomic mass is 35.5. The van der Waals surface area contributed by atoms with Crippen LogP contribution in [-0.4, -0.2) is 17.3 Å². The Balaban J connectivity index is 2.69. The van der Waals surface area contributed by atoms with Crippen molar-refractivity contribution in [3.05, 3.63) is 73.8 Å². The Morgan fingerprint density at radius 3 is 1.60 bits per heavy atom. The number of hydrogen-bond donors (Lipinski definition) is 0. The van der Waals surface area contributed by atoms with Gasteiger partial charge >= 0.3 is 0 Å². The van der Waals surface area contributed by atoms with E-state index in [1.165, 1.54) is 13.8 Å². The third-order valence-corrected chi connectivity index (χ3v) is 5.94. The molecule has 2 rings (SSSR count). The minimum atomic E-state index is -0.0708. The molecule has 2 aromatic carbocycles. The molecule has 158 valence electrons. The molecule has 0 saturated heterocycles. The number of carbonyl (C=O) groups is 3. The number of halogens is 2. The molecular weight excluding hydrogens is 419 g/mol. The molecule has 0 aromatic heterocycles. The van der Waals surface area contributed by atoms with E-state index >= 15 is 0 Å². The minimum Gasteiger partial charge on any atom is -0.300 e. The molecule has 0 saturated carbocycles. The summed E-state index contributed by atoms with van der Waals surface area (Å²) in [5.41, 5.74) is 4.94. The van der Waals surface area contributed by atoms with Gasteiger partial charge < -0.3 is 4.79 Å². The van der Waals surface area contributed by atoms with Crippen molar-refractivity contribution in [3.8, 4) is 0 Å². The molecule has 0 aliphatic rings. The summed E-state index contributed by atoms with van der Waals surface area (Å²) in [6.07, 6.45) is 3.87. The first-order valence-corrected chi connectivity index (χ1v) is 10.6. The first kappa shape index (κ1) is 24.0. The molecule has 0 heterocycles. The summed E-state index contributed by atoms with van der Waals surface area (Å²) in [5.74, 6) is -0.00321. The Morgan fingerprint density at radius 2 is 1.23 bits per heavy atom. The number of rotatable bonds is 8. The number of ketones is 3. The van der Waals surface area contributed by atoms with Crippen molar-refractivity contribution in [1.82, 2.24) is 0 Å². The lowest BCUT2D eigenvalue weighted by atomic mass is 9.90. The maximum atomic E-state index is 12.1. The van der Waals surface area contributed by atoms with Crippen LogP contribution in [0.15, 0.2) is 30.3 Å². The second-order valence-electron chi connectivity index (χ2n) is 7.59. The van der Waals surface area contributed by atoms with E-state index in [9.17, 15) is 14.4 Å². The SMILES string of the molecule is CC(=O)CCCC=C(c1cc(Cl)c(C)c(C(C)=O)c1)c1cc(Cl)c(C)c(C(C)=O)c1. The molecule has 0 atom stereocenters. The number of unbranched alkanes of at least 4 members (excludes halogenated alkanes) is 1. The summed E-state index contributed by atoms with van der Waals surface area (Å²) in [7, 11) is 0. The molecule has 0 aliphatic carbocycles. The lowest BCUT2D eigenvalue weighted by molar-refractivity contribution is -0.117. The molecule has 5 heteroatoms. The molecule has 3 nitrogen and oxygen atoms in total. The van der Waals surface area contributed by atoms with E-state index in [4.69, 9.17) is 23.2 Å². The number of benzene rings is 2. The fourth-order valence-corrected chi connectivity index (χ4v) is 3.84. The quantitative estimate of drug-likeness (QED) is 0.319. The highest BCUT2D eigenvalue weighted by Crippen LogP contribution is 2.34. The monoisotopic (exact) mass is 444 g/mol. The van der Waals surface area contributed by atoms with E-state index in [-0.39, 0.29) is 17.3 Å². The van der Waals surface area contributed by atoms with E-state index in [2.05, 4.69) is 0 Å². The first-order chi connectivity index (χ1) is 14.0. The van der Waals surface area contributed by atoms with Crippen LogP contribution in [0.2, 0.25) is 10.0 Å². The average molecular weight is 445 g/mol. The average Bonchev–Trinajstić information content (AvgIpc) is 2.65. The maximum absolute atomic E-state index is 12.1. The van der Waals surface area contributed by atoms with Gasteiger partial charge in [-0.15, -0.1) is 0 Å². The molecule has 30 heavy (non-hydrogen) atoms. The Bertz CT molecular complexity index is 977. The van der Waals surface area contributed by atoms with E-state index in [1.54, 1.807) is 6.92 Å². The first-order valence-electron chi connectivity index (χ1n) is 9.85. The van der Waals surface area contributed by atoms with Crippen molar-refractivity contribution < 1.29 is 14.4 Å². The van der Waals surface area contributed by atoms with Crippen LogP contribution in [0.25, 0.3) is 5.57 Å². The second-order valence-corrected chi connectivity index (χ2v) is 8.40. The molecule has 0 bridgehead atoms. The lowest BCUT2D eigenvalue weighted by Crippen LogP contribution is -2.02. The van der Waals surface area contributed by atoms with Gasteiger partial charge in [0.15, 0.2) is 11.6 Å². The van der Waals surface area contributed by atoms with Crippen molar-refractivity contribution in [2.75, 3.05) is 0 Å². The van der Waals surface area contributed by atoms with E-state index < -0.39 is 0 Å². The maximum Gasteiger partial charge on any atom is 0.160 e. The van der Waals surface area contributed by atoms with Crippen molar-refractivity contribution >= 4 is 46.1 Å². The van der Waals surface area contributed by atoms with E-state index in [1.807, 2.05) is 44.2 Å². The summed E-state index contributed by atoms with van der Waals surface area (Å²) in [6, 6.07) is 7.28. The fourth-order valence-electron chi connectivity index (χ4n) is 3.40.